The van der Waals surface area contributed by atoms with E-state index in [1.54, 1.807) is 18.2 Å². The van der Waals surface area contributed by atoms with E-state index in [0.717, 1.165) is 5.56 Å². The van der Waals surface area contributed by atoms with E-state index in [2.05, 4.69) is 5.32 Å². The van der Waals surface area contributed by atoms with Gasteiger partial charge in [-0.1, -0.05) is 6.07 Å². The molecule has 1 aromatic carbocycles. The number of carbonyl (C=O) groups is 1. The predicted octanol–water partition coefficient (Wildman–Crippen LogP) is 0.552. The number of hydrogen-bond donors (Lipinski definition) is 2. The lowest BCUT2D eigenvalue weighted by Crippen LogP contribution is -2.33. The number of fused-ring (bicyclic) bond motifs is 1. The quantitative estimate of drug-likeness (QED) is 0.744. The van der Waals surface area contributed by atoms with Crippen molar-refractivity contribution in [1.29, 1.82) is 0 Å². The van der Waals surface area contributed by atoms with Crippen LogP contribution in [0.2, 0.25) is 0 Å². The molecule has 0 bridgehead atoms. The summed E-state index contributed by atoms with van der Waals surface area (Å²) in [5.41, 5.74) is 0.835. The number of carbonyl (C=O) groups excluding carboxylic acids is 1. The van der Waals surface area contributed by atoms with E-state index >= 15 is 0 Å². The number of hydrogen-bond acceptors (Lipinski definition) is 5. The van der Waals surface area contributed by atoms with Crippen molar-refractivity contribution in [3.05, 3.63) is 29.8 Å². The van der Waals surface area contributed by atoms with E-state index in [1.165, 1.54) is 13.2 Å². The van der Waals surface area contributed by atoms with Crippen LogP contribution >= 0.6 is 0 Å². The van der Waals surface area contributed by atoms with Crippen LogP contribution in [0.5, 0.6) is 11.5 Å². The van der Waals surface area contributed by atoms with Gasteiger partial charge in [0.25, 0.3) is 0 Å². The van der Waals surface area contributed by atoms with Crippen molar-refractivity contribution in [2.75, 3.05) is 27.1 Å². The first kappa shape index (κ1) is 14.4. The maximum atomic E-state index is 11.6. The molecule has 0 spiro atoms. The van der Waals surface area contributed by atoms with Gasteiger partial charge in [0.15, 0.2) is 11.5 Å². The van der Waals surface area contributed by atoms with E-state index in [1.807, 2.05) is 6.07 Å². The van der Waals surface area contributed by atoms with Crippen LogP contribution in [-0.2, 0) is 9.53 Å². The molecule has 0 saturated carbocycles. The van der Waals surface area contributed by atoms with Gasteiger partial charge in [-0.05, 0) is 23.8 Å². The molecular formula is C14H17NO5. The normalized spacial score (nSPS) is 14.5. The van der Waals surface area contributed by atoms with E-state index in [9.17, 15) is 9.90 Å². The van der Waals surface area contributed by atoms with E-state index in [4.69, 9.17) is 14.2 Å². The Morgan fingerprint density at radius 3 is 3.10 bits per heavy atom. The monoisotopic (exact) mass is 279 g/mol. The van der Waals surface area contributed by atoms with Crippen LogP contribution in [0, 0.1) is 0 Å². The second kappa shape index (κ2) is 6.93. The number of aliphatic hydroxyl groups is 1. The number of rotatable bonds is 6. The maximum Gasteiger partial charge on any atom is 0.244 e. The summed E-state index contributed by atoms with van der Waals surface area (Å²) in [7, 11) is 1.49. The maximum absolute atomic E-state index is 11.6. The first-order valence-corrected chi connectivity index (χ1v) is 6.21. The summed E-state index contributed by atoms with van der Waals surface area (Å²) in [6.45, 7) is 0.560. The molecule has 1 aromatic rings. The minimum absolute atomic E-state index is 0.151. The minimum atomic E-state index is -0.706. The summed E-state index contributed by atoms with van der Waals surface area (Å²) in [5, 5.41) is 12.0. The summed E-state index contributed by atoms with van der Waals surface area (Å²) in [6.07, 6.45) is 2.36. The highest BCUT2D eigenvalue weighted by atomic mass is 16.7. The van der Waals surface area contributed by atoms with Crippen LogP contribution in [0.15, 0.2) is 24.3 Å². The fourth-order valence-electron chi connectivity index (χ4n) is 1.72. The topological polar surface area (TPSA) is 77.0 Å². The van der Waals surface area contributed by atoms with Crippen molar-refractivity contribution in [2.24, 2.45) is 0 Å². The summed E-state index contributed by atoms with van der Waals surface area (Å²) in [4.78, 5) is 11.6. The molecule has 1 unspecified atom stereocenters. The average Bonchev–Trinajstić information content (AvgIpc) is 2.90. The van der Waals surface area contributed by atoms with Gasteiger partial charge in [0.2, 0.25) is 12.7 Å². The molecule has 2 rings (SSSR count). The van der Waals surface area contributed by atoms with Crippen LogP contribution in [-0.4, -0.2) is 44.2 Å². The number of nitrogens with one attached hydrogen (secondary N) is 1. The SMILES string of the molecule is COCC(O)CNC(=O)C=Cc1ccc2c(c1)OCO2. The summed E-state index contributed by atoms with van der Waals surface area (Å²) >= 11 is 0. The molecule has 0 fully saturated rings. The number of ether oxygens (including phenoxy) is 3. The Morgan fingerprint density at radius 2 is 2.30 bits per heavy atom. The van der Waals surface area contributed by atoms with Crippen LogP contribution < -0.4 is 14.8 Å². The second-order valence-electron chi connectivity index (χ2n) is 4.30. The average molecular weight is 279 g/mol. The standard InChI is InChI=1S/C14H17NO5/c1-18-8-11(16)7-15-14(17)5-3-10-2-4-12-13(6-10)20-9-19-12/h2-6,11,16H,7-9H2,1H3,(H,15,17). The fraction of sp³-hybridized carbons (Fsp3) is 0.357. The smallest absolute Gasteiger partial charge is 0.244 e. The van der Waals surface area contributed by atoms with Crippen LogP contribution in [0.3, 0.4) is 0 Å². The Labute approximate surface area is 117 Å². The zero-order valence-corrected chi connectivity index (χ0v) is 11.2. The minimum Gasteiger partial charge on any atom is -0.454 e. The number of amides is 1. The molecule has 0 saturated heterocycles. The third-order valence-electron chi connectivity index (χ3n) is 2.69. The zero-order valence-electron chi connectivity index (χ0n) is 11.2. The molecule has 108 valence electrons. The molecule has 6 nitrogen and oxygen atoms in total. The van der Waals surface area contributed by atoms with Gasteiger partial charge < -0.3 is 24.6 Å². The molecule has 1 atom stereocenters. The summed E-state index contributed by atoms with van der Waals surface area (Å²) < 4.78 is 15.2. The van der Waals surface area contributed by atoms with Crippen molar-refractivity contribution in [1.82, 2.24) is 5.32 Å². The van der Waals surface area contributed by atoms with Crippen LogP contribution in [0.25, 0.3) is 6.08 Å². The predicted molar refractivity (Wildman–Crippen MR) is 72.5 cm³/mol. The van der Waals surface area contributed by atoms with Crippen LogP contribution in [0.4, 0.5) is 0 Å². The molecule has 1 aliphatic rings. The summed E-state index contributed by atoms with van der Waals surface area (Å²) in [5.74, 6) is 1.09. The highest BCUT2D eigenvalue weighted by Gasteiger charge is 2.12. The lowest BCUT2D eigenvalue weighted by molar-refractivity contribution is -0.117. The number of aliphatic hydroxyl groups excluding tert-OH is 1. The van der Waals surface area contributed by atoms with E-state index in [0.29, 0.717) is 11.5 Å². The van der Waals surface area contributed by atoms with Crippen molar-refractivity contribution in [3.63, 3.8) is 0 Å². The first-order valence-electron chi connectivity index (χ1n) is 6.21. The van der Waals surface area contributed by atoms with E-state index in [-0.39, 0.29) is 25.9 Å². The summed E-state index contributed by atoms with van der Waals surface area (Å²) in [6, 6.07) is 5.42. The van der Waals surface area contributed by atoms with Crippen LogP contribution in [0.1, 0.15) is 5.56 Å². The Balaban J connectivity index is 1.84. The molecule has 0 radical (unpaired) electrons. The van der Waals surface area contributed by atoms with Gasteiger partial charge in [-0.15, -0.1) is 0 Å². The molecule has 0 aromatic heterocycles. The lowest BCUT2D eigenvalue weighted by Gasteiger charge is -2.09. The molecule has 1 aliphatic heterocycles. The second-order valence-corrected chi connectivity index (χ2v) is 4.30. The third kappa shape index (κ3) is 3.97. The Morgan fingerprint density at radius 1 is 1.50 bits per heavy atom. The number of benzene rings is 1. The molecule has 6 heteroatoms. The Hall–Kier alpha value is -2.05. The first-order chi connectivity index (χ1) is 9.69. The Kier molecular flexibility index (Phi) is 4.97. The molecule has 2 N–H and O–H groups in total. The molecule has 0 aliphatic carbocycles. The van der Waals surface area contributed by atoms with Crippen molar-refractivity contribution < 1.29 is 24.1 Å². The number of methoxy groups -OCH3 is 1. The molecule has 1 amide bonds. The van der Waals surface area contributed by atoms with Gasteiger partial charge in [-0.25, -0.2) is 0 Å². The van der Waals surface area contributed by atoms with Gasteiger partial charge in [-0.2, -0.15) is 0 Å². The highest BCUT2D eigenvalue weighted by molar-refractivity contribution is 5.91. The largest absolute Gasteiger partial charge is 0.454 e. The van der Waals surface area contributed by atoms with Crippen molar-refractivity contribution in [3.8, 4) is 11.5 Å². The van der Waals surface area contributed by atoms with Gasteiger partial charge in [0, 0.05) is 19.7 Å². The third-order valence-corrected chi connectivity index (χ3v) is 2.69. The molecule has 20 heavy (non-hydrogen) atoms. The highest BCUT2D eigenvalue weighted by Crippen LogP contribution is 2.32. The fourth-order valence-corrected chi connectivity index (χ4v) is 1.72. The van der Waals surface area contributed by atoms with Crippen molar-refractivity contribution in [2.45, 2.75) is 6.10 Å². The molecule has 1 heterocycles. The molecular weight excluding hydrogens is 262 g/mol. The van der Waals surface area contributed by atoms with Gasteiger partial charge >= 0.3 is 0 Å². The van der Waals surface area contributed by atoms with Gasteiger partial charge in [-0.3, -0.25) is 4.79 Å². The van der Waals surface area contributed by atoms with Gasteiger partial charge in [0.05, 0.1) is 12.7 Å². The Bertz CT molecular complexity index is 500. The van der Waals surface area contributed by atoms with Gasteiger partial charge in [0.1, 0.15) is 0 Å². The zero-order chi connectivity index (χ0) is 14.4. The van der Waals surface area contributed by atoms with E-state index < -0.39 is 6.10 Å². The van der Waals surface area contributed by atoms with Crippen molar-refractivity contribution >= 4 is 12.0 Å². The lowest BCUT2D eigenvalue weighted by atomic mass is 10.2.